The van der Waals surface area contributed by atoms with Crippen LogP contribution in [-0.4, -0.2) is 17.8 Å². The van der Waals surface area contributed by atoms with Crippen molar-refractivity contribution >= 4 is 0 Å². The van der Waals surface area contributed by atoms with Gasteiger partial charge in [0.05, 0.1) is 12.7 Å². The van der Waals surface area contributed by atoms with E-state index in [1.807, 2.05) is 18.2 Å². The first kappa shape index (κ1) is 13.2. The van der Waals surface area contributed by atoms with Gasteiger partial charge >= 0.3 is 0 Å². The van der Waals surface area contributed by atoms with E-state index in [4.69, 9.17) is 4.74 Å². The first-order valence-electron chi connectivity index (χ1n) is 7.19. The molecule has 104 valence electrons. The Balaban J connectivity index is 1.80. The summed E-state index contributed by atoms with van der Waals surface area (Å²) in [7, 11) is 0. The molecule has 0 bridgehead atoms. The van der Waals surface area contributed by atoms with Crippen LogP contribution < -0.4 is 4.74 Å². The molecule has 2 unspecified atom stereocenters. The van der Waals surface area contributed by atoms with Gasteiger partial charge in [-0.2, -0.15) is 0 Å². The molecule has 2 nitrogen and oxygen atoms in total. The molecule has 1 heterocycles. The lowest BCUT2D eigenvalue weighted by molar-refractivity contribution is 0.116. The second-order valence-electron chi connectivity index (χ2n) is 5.54. The molecule has 1 aliphatic heterocycles. The molecule has 0 spiro atoms. The van der Waals surface area contributed by atoms with Crippen LogP contribution in [0, 0.1) is 6.92 Å². The van der Waals surface area contributed by atoms with Crippen LogP contribution in [-0.2, 0) is 6.42 Å². The first-order valence-corrected chi connectivity index (χ1v) is 7.19. The zero-order valence-corrected chi connectivity index (χ0v) is 11.8. The van der Waals surface area contributed by atoms with Crippen molar-refractivity contribution in [1.82, 2.24) is 0 Å². The van der Waals surface area contributed by atoms with Crippen LogP contribution in [0.5, 0.6) is 5.75 Å². The number of hydrogen-bond donors (Lipinski definition) is 1. The Bertz CT molecular complexity index is 591. The summed E-state index contributed by atoms with van der Waals surface area (Å²) < 4.78 is 5.66. The first-order chi connectivity index (χ1) is 9.74. The molecule has 0 radical (unpaired) electrons. The SMILES string of the molecule is Cc1cccc(CC(O)C2CCOc3ccccc32)c1. The van der Waals surface area contributed by atoms with E-state index in [-0.39, 0.29) is 12.0 Å². The summed E-state index contributed by atoms with van der Waals surface area (Å²) in [5.41, 5.74) is 3.57. The summed E-state index contributed by atoms with van der Waals surface area (Å²) in [6.07, 6.45) is 1.21. The van der Waals surface area contributed by atoms with E-state index >= 15 is 0 Å². The maximum absolute atomic E-state index is 10.6. The third-order valence-corrected chi connectivity index (χ3v) is 4.00. The highest BCUT2D eigenvalue weighted by atomic mass is 16.5. The quantitative estimate of drug-likeness (QED) is 0.923. The molecular weight excluding hydrogens is 248 g/mol. The van der Waals surface area contributed by atoms with Crippen LogP contribution in [0.4, 0.5) is 0 Å². The Morgan fingerprint density at radius 3 is 2.90 bits per heavy atom. The lowest BCUT2D eigenvalue weighted by Gasteiger charge is -2.29. The zero-order valence-electron chi connectivity index (χ0n) is 11.8. The lowest BCUT2D eigenvalue weighted by Crippen LogP contribution is -2.26. The minimum Gasteiger partial charge on any atom is -0.493 e. The van der Waals surface area contributed by atoms with Crippen molar-refractivity contribution in [3.8, 4) is 5.75 Å². The van der Waals surface area contributed by atoms with E-state index in [0.717, 1.165) is 17.7 Å². The van der Waals surface area contributed by atoms with Crippen LogP contribution in [0.3, 0.4) is 0 Å². The topological polar surface area (TPSA) is 29.5 Å². The van der Waals surface area contributed by atoms with Gasteiger partial charge in [-0.3, -0.25) is 0 Å². The van der Waals surface area contributed by atoms with Crippen molar-refractivity contribution in [3.05, 3.63) is 65.2 Å². The van der Waals surface area contributed by atoms with E-state index in [9.17, 15) is 5.11 Å². The highest BCUT2D eigenvalue weighted by molar-refractivity contribution is 5.38. The van der Waals surface area contributed by atoms with Crippen LogP contribution in [0.25, 0.3) is 0 Å². The lowest BCUT2D eigenvalue weighted by atomic mass is 9.85. The monoisotopic (exact) mass is 268 g/mol. The summed E-state index contributed by atoms with van der Waals surface area (Å²) in [6.45, 7) is 2.77. The van der Waals surface area contributed by atoms with Crippen molar-refractivity contribution in [2.75, 3.05) is 6.61 Å². The minimum atomic E-state index is -0.359. The number of hydrogen-bond acceptors (Lipinski definition) is 2. The Morgan fingerprint density at radius 1 is 1.20 bits per heavy atom. The summed E-state index contributed by atoms with van der Waals surface area (Å²) in [5.74, 6) is 1.09. The van der Waals surface area contributed by atoms with E-state index in [2.05, 4.69) is 37.3 Å². The highest BCUT2D eigenvalue weighted by Crippen LogP contribution is 2.36. The molecule has 3 rings (SSSR count). The average Bonchev–Trinajstić information content (AvgIpc) is 2.46. The van der Waals surface area contributed by atoms with Gasteiger partial charge in [0, 0.05) is 5.92 Å². The second kappa shape index (κ2) is 5.68. The van der Waals surface area contributed by atoms with Gasteiger partial charge in [-0.1, -0.05) is 48.0 Å². The molecule has 2 atom stereocenters. The van der Waals surface area contributed by atoms with Gasteiger partial charge in [0.2, 0.25) is 0 Å². The molecule has 0 saturated heterocycles. The van der Waals surface area contributed by atoms with E-state index in [1.165, 1.54) is 11.1 Å². The molecule has 0 fully saturated rings. The van der Waals surface area contributed by atoms with Gasteiger partial charge in [-0.25, -0.2) is 0 Å². The van der Waals surface area contributed by atoms with E-state index < -0.39 is 0 Å². The fourth-order valence-corrected chi connectivity index (χ4v) is 2.99. The Morgan fingerprint density at radius 2 is 2.05 bits per heavy atom. The molecule has 2 aromatic rings. The zero-order chi connectivity index (χ0) is 13.9. The predicted octanol–water partition coefficient (Wildman–Crippen LogP) is 3.46. The number of fused-ring (bicyclic) bond motifs is 1. The maximum Gasteiger partial charge on any atom is 0.122 e. The highest BCUT2D eigenvalue weighted by Gasteiger charge is 2.27. The smallest absolute Gasteiger partial charge is 0.122 e. The number of rotatable bonds is 3. The number of benzene rings is 2. The van der Waals surface area contributed by atoms with Gasteiger partial charge in [-0.05, 0) is 37.0 Å². The molecule has 2 heteroatoms. The van der Waals surface area contributed by atoms with Gasteiger partial charge < -0.3 is 9.84 Å². The number of aryl methyl sites for hydroxylation is 1. The summed E-state index contributed by atoms with van der Waals surface area (Å²) in [6, 6.07) is 16.4. The van der Waals surface area contributed by atoms with Gasteiger partial charge in [0.15, 0.2) is 0 Å². The minimum absolute atomic E-state index is 0.167. The van der Waals surface area contributed by atoms with E-state index in [1.54, 1.807) is 0 Å². The molecule has 1 aliphatic rings. The molecule has 0 aromatic heterocycles. The second-order valence-corrected chi connectivity index (χ2v) is 5.54. The van der Waals surface area contributed by atoms with Crippen molar-refractivity contribution in [1.29, 1.82) is 0 Å². The normalized spacial score (nSPS) is 19.0. The molecular formula is C18H20O2. The molecule has 20 heavy (non-hydrogen) atoms. The van der Waals surface area contributed by atoms with Crippen molar-refractivity contribution in [2.45, 2.75) is 31.8 Å². The van der Waals surface area contributed by atoms with Crippen LogP contribution in [0.15, 0.2) is 48.5 Å². The molecule has 1 N–H and O–H groups in total. The molecule has 0 saturated carbocycles. The summed E-state index contributed by atoms with van der Waals surface area (Å²) in [5, 5.41) is 10.6. The number of aliphatic hydroxyl groups is 1. The van der Waals surface area contributed by atoms with Gasteiger partial charge in [0.25, 0.3) is 0 Å². The standard InChI is InChI=1S/C18H20O2/c1-13-5-4-6-14(11-13)12-17(19)15-9-10-20-18-8-3-2-7-16(15)18/h2-8,11,15,17,19H,9-10,12H2,1H3. The largest absolute Gasteiger partial charge is 0.493 e. The number of aliphatic hydroxyl groups excluding tert-OH is 1. The number of ether oxygens (including phenoxy) is 1. The number of para-hydroxylation sites is 1. The molecule has 0 amide bonds. The molecule has 0 aliphatic carbocycles. The van der Waals surface area contributed by atoms with Crippen molar-refractivity contribution in [2.24, 2.45) is 0 Å². The van der Waals surface area contributed by atoms with E-state index in [0.29, 0.717) is 13.0 Å². The Hall–Kier alpha value is -1.80. The third-order valence-electron chi connectivity index (χ3n) is 4.00. The predicted molar refractivity (Wildman–Crippen MR) is 80.2 cm³/mol. The Kier molecular flexibility index (Phi) is 3.75. The third kappa shape index (κ3) is 2.70. The average molecular weight is 268 g/mol. The van der Waals surface area contributed by atoms with Crippen LogP contribution >= 0.6 is 0 Å². The fourth-order valence-electron chi connectivity index (χ4n) is 2.99. The fraction of sp³-hybridized carbons (Fsp3) is 0.333. The van der Waals surface area contributed by atoms with Crippen molar-refractivity contribution < 1.29 is 9.84 Å². The summed E-state index contributed by atoms with van der Waals surface area (Å²) in [4.78, 5) is 0. The maximum atomic E-state index is 10.6. The Labute approximate surface area is 120 Å². The van der Waals surface area contributed by atoms with Crippen LogP contribution in [0.1, 0.15) is 29.0 Å². The van der Waals surface area contributed by atoms with Gasteiger partial charge in [0.1, 0.15) is 5.75 Å². The molecule has 2 aromatic carbocycles. The summed E-state index contributed by atoms with van der Waals surface area (Å²) >= 11 is 0. The van der Waals surface area contributed by atoms with Gasteiger partial charge in [-0.15, -0.1) is 0 Å². The van der Waals surface area contributed by atoms with Crippen LogP contribution in [0.2, 0.25) is 0 Å². The van der Waals surface area contributed by atoms with Crippen molar-refractivity contribution in [3.63, 3.8) is 0 Å².